The van der Waals surface area contributed by atoms with E-state index in [4.69, 9.17) is 5.73 Å². The highest BCUT2D eigenvalue weighted by Gasteiger charge is 2.21. The fourth-order valence-electron chi connectivity index (χ4n) is 2.11. The van der Waals surface area contributed by atoms with Crippen molar-refractivity contribution in [2.75, 3.05) is 5.32 Å². The average Bonchev–Trinajstić information content (AvgIpc) is 2.33. The van der Waals surface area contributed by atoms with E-state index < -0.39 is 4.92 Å². The standard InChI is InChI=1S/C11H16N4O2/c12-9-3-1-2-4-10(9)14-11-6-5-8(7-13-11)15(16)17/h5-7,9-10H,1-4,12H2,(H,13,14)/t9-,10+/m0/s1. The molecule has 0 radical (unpaired) electrons. The van der Waals surface area contributed by atoms with E-state index in [1.54, 1.807) is 6.07 Å². The predicted octanol–water partition coefficient (Wildman–Crippen LogP) is 1.67. The molecule has 0 saturated heterocycles. The first-order chi connectivity index (χ1) is 8.16. The van der Waals surface area contributed by atoms with Crippen LogP contribution in [0.2, 0.25) is 0 Å². The smallest absolute Gasteiger partial charge is 0.287 e. The molecule has 1 heterocycles. The lowest BCUT2D eigenvalue weighted by molar-refractivity contribution is -0.385. The molecular weight excluding hydrogens is 220 g/mol. The number of nitro groups is 1. The third kappa shape index (κ3) is 2.91. The van der Waals surface area contributed by atoms with Gasteiger partial charge in [-0.3, -0.25) is 10.1 Å². The van der Waals surface area contributed by atoms with E-state index in [9.17, 15) is 10.1 Å². The summed E-state index contributed by atoms with van der Waals surface area (Å²) in [5, 5.41) is 13.7. The van der Waals surface area contributed by atoms with E-state index in [1.165, 1.54) is 25.1 Å². The van der Waals surface area contributed by atoms with Crippen molar-refractivity contribution in [3.63, 3.8) is 0 Å². The maximum atomic E-state index is 10.5. The van der Waals surface area contributed by atoms with Crippen LogP contribution in [0.15, 0.2) is 18.3 Å². The minimum Gasteiger partial charge on any atom is -0.366 e. The quantitative estimate of drug-likeness (QED) is 0.615. The van der Waals surface area contributed by atoms with Gasteiger partial charge in [0.2, 0.25) is 0 Å². The van der Waals surface area contributed by atoms with E-state index in [2.05, 4.69) is 10.3 Å². The molecule has 0 bridgehead atoms. The minimum atomic E-state index is -0.455. The Morgan fingerprint density at radius 1 is 1.41 bits per heavy atom. The van der Waals surface area contributed by atoms with Crippen molar-refractivity contribution in [2.45, 2.75) is 37.8 Å². The zero-order chi connectivity index (χ0) is 12.3. The first kappa shape index (κ1) is 11.8. The van der Waals surface area contributed by atoms with E-state index >= 15 is 0 Å². The van der Waals surface area contributed by atoms with Crippen molar-refractivity contribution in [2.24, 2.45) is 5.73 Å². The van der Waals surface area contributed by atoms with Gasteiger partial charge in [0, 0.05) is 18.2 Å². The Labute approximate surface area is 99.4 Å². The second kappa shape index (κ2) is 5.09. The summed E-state index contributed by atoms with van der Waals surface area (Å²) in [5.41, 5.74) is 6.01. The molecule has 17 heavy (non-hydrogen) atoms. The van der Waals surface area contributed by atoms with Crippen LogP contribution in [0.5, 0.6) is 0 Å². The van der Waals surface area contributed by atoms with Gasteiger partial charge in [-0.15, -0.1) is 0 Å². The number of hydrogen-bond acceptors (Lipinski definition) is 5. The van der Waals surface area contributed by atoms with Gasteiger partial charge in [0.05, 0.1) is 4.92 Å². The highest BCUT2D eigenvalue weighted by Crippen LogP contribution is 2.21. The van der Waals surface area contributed by atoms with Crippen LogP contribution in [0.3, 0.4) is 0 Å². The lowest BCUT2D eigenvalue weighted by Crippen LogP contribution is -2.42. The molecule has 1 aliphatic carbocycles. The van der Waals surface area contributed by atoms with Crippen LogP contribution in [0.4, 0.5) is 11.5 Å². The van der Waals surface area contributed by atoms with Gasteiger partial charge in [-0.2, -0.15) is 0 Å². The van der Waals surface area contributed by atoms with Crippen molar-refractivity contribution >= 4 is 11.5 Å². The highest BCUT2D eigenvalue weighted by molar-refractivity contribution is 5.41. The first-order valence-electron chi connectivity index (χ1n) is 5.79. The average molecular weight is 236 g/mol. The van der Waals surface area contributed by atoms with Crippen LogP contribution in [0.25, 0.3) is 0 Å². The van der Waals surface area contributed by atoms with E-state index in [0.29, 0.717) is 5.82 Å². The van der Waals surface area contributed by atoms with Gasteiger partial charge in [0.25, 0.3) is 5.69 Å². The van der Waals surface area contributed by atoms with Crippen molar-refractivity contribution < 1.29 is 4.92 Å². The molecule has 6 nitrogen and oxygen atoms in total. The number of hydrogen-bond donors (Lipinski definition) is 2. The maximum absolute atomic E-state index is 10.5. The third-order valence-corrected chi connectivity index (χ3v) is 3.11. The monoisotopic (exact) mass is 236 g/mol. The molecule has 1 fully saturated rings. The summed E-state index contributed by atoms with van der Waals surface area (Å²) in [5.74, 6) is 0.651. The molecule has 1 aromatic heterocycles. The van der Waals surface area contributed by atoms with Gasteiger partial charge in [0.15, 0.2) is 0 Å². The molecule has 0 unspecified atom stereocenters. The Kier molecular flexibility index (Phi) is 3.53. The number of rotatable bonds is 3. The van der Waals surface area contributed by atoms with Crippen molar-refractivity contribution in [3.8, 4) is 0 Å². The molecule has 92 valence electrons. The summed E-state index contributed by atoms with van der Waals surface area (Å²) in [6, 6.07) is 3.43. The topological polar surface area (TPSA) is 94.1 Å². The van der Waals surface area contributed by atoms with Crippen LogP contribution in [0, 0.1) is 10.1 Å². The summed E-state index contributed by atoms with van der Waals surface area (Å²) in [6.07, 6.45) is 5.65. The van der Waals surface area contributed by atoms with Crippen molar-refractivity contribution in [1.29, 1.82) is 0 Å². The van der Waals surface area contributed by atoms with Crippen LogP contribution in [-0.2, 0) is 0 Å². The Balaban J connectivity index is 2.00. The van der Waals surface area contributed by atoms with Gasteiger partial charge in [-0.05, 0) is 18.9 Å². The number of aromatic nitrogens is 1. The molecule has 2 rings (SSSR count). The Bertz CT molecular complexity index is 393. The zero-order valence-corrected chi connectivity index (χ0v) is 9.50. The molecule has 0 aromatic carbocycles. The highest BCUT2D eigenvalue weighted by atomic mass is 16.6. The fourth-order valence-corrected chi connectivity index (χ4v) is 2.11. The third-order valence-electron chi connectivity index (χ3n) is 3.11. The molecule has 0 aliphatic heterocycles. The maximum Gasteiger partial charge on any atom is 0.287 e. The lowest BCUT2D eigenvalue weighted by Gasteiger charge is -2.29. The van der Waals surface area contributed by atoms with Crippen LogP contribution < -0.4 is 11.1 Å². The summed E-state index contributed by atoms with van der Waals surface area (Å²) < 4.78 is 0. The van der Waals surface area contributed by atoms with Crippen LogP contribution in [-0.4, -0.2) is 22.0 Å². The number of nitrogens with two attached hydrogens (primary N) is 1. The molecule has 0 amide bonds. The number of anilines is 1. The largest absolute Gasteiger partial charge is 0.366 e. The van der Waals surface area contributed by atoms with E-state index in [1.807, 2.05) is 0 Å². The van der Waals surface area contributed by atoms with Crippen molar-refractivity contribution in [1.82, 2.24) is 4.98 Å². The van der Waals surface area contributed by atoms with Gasteiger partial charge >= 0.3 is 0 Å². The Hall–Kier alpha value is -1.69. The number of nitrogens with zero attached hydrogens (tertiary/aromatic N) is 2. The second-order valence-corrected chi connectivity index (χ2v) is 4.36. The molecule has 6 heteroatoms. The summed E-state index contributed by atoms with van der Waals surface area (Å²) in [6.45, 7) is 0. The van der Waals surface area contributed by atoms with E-state index in [-0.39, 0.29) is 17.8 Å². The lowest BCUT2D eigenvalue weighted by atomic mass is 9.91. The number of pyridine rings is 1. The second-order valence-electron chi connectivity index (χ2n) is 4.36. The minimum absolute atomic E-state index is 0.00323. The summed E-state index contributed by atoms with van der Waals surface area (Å²) >= 11 is 0. The molecule has 1 saturated carbocycles. The summed E-state index contributed by atoms with van der Waals surface area (Å²) in [4.78, 5) is 14.0. The van der Waals surface area contributed by atoms with Gasteiger partial charge in [-0.1, -0.05) is 12.8 Å². The normalized spacial score (nSPS) is 24.3. The van der Waals surface area contributed by atoms with Gasteiger partial charge in [0.1, 0.15) is 12.0 Å². The molecule has 2 atom stereocenters. The van der Waals surface area contributed by atoms with Crippen LogP contribution in [0.1, 0.15) is 25.7 Å². The molecule has 1 aliphatic rings. The van der Waals surface area contributed by atoms with Crippen LogP contribution >= 0.6 is 0 Å². The summed E-state index contributed by atoms with van der Waals surface area (Å²) in [7, 11) is 0. The zero-order valence-electron chi connectivity index (χ0n) is 9.50. The molecular formula is C11H16N4O2. The Morgan fingerprint density at radius 3 is 2.76 bits per heavy atom. The van der Waals surface area contributed by atoms with E-state index in [0.717, 1.165) is 12.8 Å². The Morgan fingerprint density at radius 2 is 2.18 bits per heavy atom. The van der Waals surface area contributed by atoms with Crippen molar-refractivity contribution in [3.05, 3.63) is 28.4 Å². The molecule has 0 spiro atoms. The molecule has 1 aromatic rings. The van der Waals surface area contributed by atoms with Gasteiger partial charge in [-0.25, -0.2) is 4.98 Å². The first-order valence-corrected chi connectivity index (χ1v) is 5.79. The fraction of sp³-hybridized carbons (Fsp3) is 0.545. The SMILES string of the molecule is N[C@H]1CCCC[C@H]1Nc1ccc([N+](=O)[O-])cn1. The molecule has 3 N–H and O–H groups in total. The number of nitrogens with one attached hydrogen (secondary N) is 1. The van der Waals surface area contributed by atoms with Gasteiger partial charge < -0.3 is 11.1 Å². The predicted molar refractivity (Wildman–Crippen MR) is 64.7 cm³/mol.